The molecule has 0 heterocycles. The summed E-state index contributed by atoms with van der Waals surface area (Å²) < 4.78 is 0.859. The van der Waals surface area contributed by atoms with Gasteiger partial charge in [0.2, 0.25) is 0 Å². The Kier molecular flexibility index (Phi) is 5.57. The zero-order valence-corrected chi connectivity index (χ0v) is 13.8. The van der Waals surface area contributed by atoms with Crippen LogP contribution >= 0.6 is 27.5 Å². The summed E-state index contributed by atoms with van der Waals surface area (Å²) >= 11 is 9.10. The minimum absolute atomic E-state index is 0.202. The topological polar surface area (TPSA) is 66.4 Å². The highest BCUT2D eigenvalue weighted by Gasteiger charge is 2.21. The number of carbonyl (C=O) groups is 2. The Labute approximate surface area is 141 Å². The van der Waals surface area contributed by atoms with Crippen LogP contribution in [0.2, 0.25) is 5.02 Å². The minimum Gasteiger partial charge on any atom is -0.480 e. The quantitative estimate of drug-likeness (QED) is 0.831. The van der Waals surface area contributed by atoms with Gasteiger partial charge in [0.15, 0.2) is 0 Å². The molecule has 2 N–H and O–H groups in total. The molecule has 2 rings (SSSR count). The van der Waals surface area contributed by atoms with Gasteiger partial charge in [0, 0.05) is 21.5 Å². The van der Waals surface area contributed by atoms with Gasteiger partial charge in [0.1, 0.15) is 6.04 Å². The molecule has 0 radical (unpaired) electrons. The standard InChI is InChI=1S/C16H13BrClNO3/c17-12-3-1-2-10(8-12)9-14(16(21)22)19-15(20)11-4-6-13(18)7-5-11/h1-8,14H,9H2,(H,19,20)(H,21,22)/t14-/m0/s1. The maximum absolute atomic E-state index is 12.1. The summed E-state index contributed by atoms with van der Waals surface area (Å²) in [5.41, 5.74) is 1.18. The molecule has 6 heteroatoms. The van der Waals surface area contributed by atoms with Gasteiger partial charge in [-0.3, -0.25) is 4.79 Å². The van der Waals surface area contributed by atoms with Gasteiger partial charge in [-0.15, -0.1) is 0 Å². The summed E-state index contributed by atoms with van der Waals surface area (Å²) in [6, 6.07) is 12.6. The van der Waals surface area contributed by atoms with E-state index in [9.17, 15) is 14.7 Å². The van der Waals surface area contributed by atoms with Crippen molar-refractivity contribution in [2.45, 2.75) is 12.5 Å². The molecule has 114 valence electrons. The molecule has 2 aromatic rings. The highest BCUT2D eigenvalue weighted by atomic mass is 79.9. The summed E-state index contributed by atoms with van der Waals surface area (Å²) in [7, 11) is 0. The van der Waals surface area contributed by atoms with Gasteiger partial charge in [-0.1, -0.05) is 39.7 Å². The number of halogens is 2. The lowest BCUT2D eigenvalue weighted by molar-refractivity contribution is -0.139. The molecule has 0 aliphatic heterocycles. The zero-order chi connectivity index (χ0) is 16.1. The molecule has 1 amide bonds. The molecule has 0 saturated carbocycles. The van der Waals surface area contributed by atoms with Gasteiger partial charge in [-0.25, -0.2) is 4.79 Å². The average molecular weight is 383 g/mol. The van der Waals surface area contributed by atoms with Gasteiger partial charge in [-0.05, 0) is 42.0 Å². The van der Waals surface area contributed by atoms with Gasteiger partial charge in [-0.2, -0.15) is 0 Å². The van der Waals surface area contributed by atoms with Crippen molar-refractivity contribution in [3.63, 3.8) is 0 Å². The van der Waals surface area contributed by atoms with E-state index in [0.29, 0.717) is 10.6 Å². The van der Waals surface area contributed by atoms with Crippen molar-refractivity contribution in [3.8, 4) is 0 Å². The van der Waals surface area contributed by atoms with Crippen molar-refractivity contribution in [1.29, 1.82) is 0 Å². The van der Waals surface area contributed by atoms with Crippen LogP contribution in [0.1, 0.15) is 15.9 Å². The predicted octanol–water partition coefficient (Wildman–Crippen LogP) is 3.53. The van der Waals surface area contributed by atoms with Gasteiger partial charge in [0.05, 0.1) is 0 Å². The second-order valence-corrected chi connectivity index (χ2v) is 6.06. The Morgan fingerprint density at radius 1 is 1.18 bits per heavy atom. The van der Waals surface area contributed by atoms with E-state index < -0.39 is 17.9 Å². The van der Waals surface area contributed by atoms with Crippen molar-refractivity contribution < 1.29 is 14.7 Å². The van der Waals surface area contributed by atoms with E-state index in [1.807, 2.05) is 24.3 Å². The Morgan fingerprint density at radius 3 is 2.45 bits per heavy atom. The van der Waals surface area contributed by atoms with E-state index in [2.05, 4.69) is 21.2 Å². The molecule has 0 unspecified atom stereocenters. The van der Waals surface area contributed by atoms with Gasteiger partial charge < -0.3 is 10.4 Å². The summed E-state index contributed by atoms with van der Waals surface area (Å²) in [6.45, 7) is 0. The van der Waals surface area contributed by atoms with Crippen LogP contribution in [0.4, 0.5) is 0 Å². The minimum atomic E-state index is -1.08. The first-order valence-corrected chi connectivity index (χ1v) is 7.66. The van der Waals surface area contributed by atoms with E-state index in [-0.39, 0.29) is 6.42 Å². The van der Waals surface area contributed by atoms with E-state index in [4.69, 9.17) is 11.6 Å². The lowest BCUT2D eigenvalue weighted by atomic mass is 10.1. The van der Waals surface area contributed by atoms with Gasteiger partial charge in [0.25, 0.3) is 5.91 Å². The third-order valence-electron chi connectivity index (χ3n) is 3.04. The normalized spacial score (nSPS) is 11.7. The van der Waals surface area contributed by atoms with Crippen LogP contribution in [0, 0.1) is 0 Å². The number of rotatable bonds is 5. The molecular formula is C16H13BrClNO3. The fourth-order valence-electron chi connectivity index (χ4n) is 1.94. The van der Waals surface area contributed by atoms with Crippen molar-refractivity contribution in [2.24, 2.45) is 0 Å². The first-order chi connectivity index (χ1) is 10.5. The van der Waals surface area contributed by atoms with E-state index >= 15 is 0 Å². The molecule has 0 fully saturated rings. The van der Waals surface area contributed by atoms with Crippen LogP contribution in [-0.2, 0) is 11.2 Å². The number of hydrogen-bond acceptors (Lipinski definition) is 2. The molecule has 22 heavy (non-hydrogen) atoms. The molecule has 0 saturated heterocycles. The fourth-order valence-corrected chi connectivity index (χ4v) is 2.52. The number of carboxylic acid groups (broad SMARTS) is 1. The summed E-state index contributed by atoms with van der Waals surface area (Å²) in [5.74, 6) is -1.53. The van der Waals surface area contributed by atoms with E-state index in [0.717, 1.165) is 10.0 Å². The van der Waals surface area contributed by atoms with Crippen molar-refractivity contribution in [1.82, 2.24) is 5.32 Å². The number of hydrogen-bond donors (Lipinski definition) is 2. The molecule has 0 aliphatic carbocycles. The molecular weight excluding hydrogens is 370 g/mol. The van der Waals surface area contributed by atoms with Gasteiger partial charge >= 0.3 is 5.97 Å². The zero-order valence-electron chi connectivity index (χ0n) is 11.4. The number of benzene rings is 2. The summed E-state index contributed by atoms with van der Waals surface area (Å²) in [4.78, 5) is 23.5. The van der Waals surface area contributed by atoms with Crippen molar-refractivity contribution >= 4 is 39.4 Å². The van der Waals surface area contributed by atoms with Crippen LogP contribution in [-0.4, -0.2) is 23.0 Å². The van der Waals surface area contributed by atoms with Crippen molar-refractivity contribution in [3.05, 3.63) is 69.2 Å². The molecule has 0 aromatic heterocycles. The third kappa shape index (κ3) is 4.58. The smallest absolute Gasteiger partial charge is 0.326 e. The lowest BCUT2D eigenvalue weighted by Gasteiger charge is -2.15. The maximum Gasteiger partial charge on any atom is 0.326 e. The Hall–Kier alpha value is -1.85. The number of carboxylic acids is 1. The molecule has 1 atom stereocenters. The Bertz CT molecular complexity index is 688. The first-order valence-electron chi connectivity index (χ1n) is 6.49. The highest BCUT2D eigenvalue weighted by Crippen LogP contribution is 2.14. The predicted molar refractivity (Wildman–Crippen MR) is 88.2 cm³/mol. The molecule has 0 bridgehead atoms. The lowest BCUT2D eigenvalue weighted by Crippen LogP contribution is -2.42. The molecule has 0 aliphatic rings. The second-order valence-electron chi connectivity index (χ2n) is 4.71. The second kappa shape index (κ2) is 7.42. The van der Waals surface area contributed by atoms with Crippen molar-refractivity contribution in [2.75, 3.05) is 0 Å². The average Bonchev–Trinajstić information content (AvgIpc) is 2.47. The molecule has 4 nitrogen and oxygen atoms in total. The summed E-state index contributed by atoms with van der Waals surface area (Å²) in [5, 5.41) is 12.3. The number of amides is 1. The Balaban J connectivity index is 2.10. The highest BCUT2D eigenvalue weighted by molar-refractivity contribution is 9.10. The number of nitrogens with one attached hydrogen (secondary N) is 1. The SMILES string of the molecule is O=C(N[C@@H](Cc1cccc(Br)c1)C(=O)O)c1ccc(Cl)cc1. The van der Waals surface area contributed by atoms with E-state index in [1.165, 1.54) is 0 Å². The largest absolute Gasteiger partial charge is 0.480 e. The van der Waals surface area contributed by atoms with Crippen LogP contribution in [0.25, 0.3) is 0 Å². The fraction of sp³-hybridized carbons (Fsp3) is 0.125. The third-order valence-corrected chi connectivity index (χ3v) is 3.78. The number of aliphatic carboxylic acids is 1. The van der Waals surface area contributed by atoms with Crippen LogP contribution < -0.4 is 5.32 Å². The van der Waals surface area contributed by atoms with Crippen LogP contribution in [0.3, 0.4) is 0 Å². The summed E-state index contributed by atoms with van der Waals surface area (Å²) in [6.07, 6.45) is 0.202. The molecule has 2 aromatic carbocycles. The van der Waals surface area contributed by atoms with E-state index in [1.54, 1.807) is 24.3 Å². The first kappa shape index (κ1) is 16.5. The Morgan fingerprint density at radius 2 is 1.86 bits per heavy atom. The molecule has 0 spiro atoms. The monoisotopic (exact) mass is 381 g/mol. The number of carbonyl (C=O) groups excluding carboxylic acids is 1. The maximum atomic E-state index is 12.1. The van der Waals surface area contributed by atoms with Crippen LogP contribution in [0.5, 0.6) is 0 Å². The van der Waals surface area contributed by atoms with Crippen LogP contribution in [0.15, 0.2) is 53.0 Å².